The Kier molecular flexibility index (Phi) is 5.89. The lowest BCUT2D eigenvalue weighted by Gasteiger charge is -2.35. The van der Waals surface area contributed by atoms with E-state index >= 15 is 0 Å². The molecule has 0 aliphatic heterocycles. The van der Waals surface area contributed by atoms with Gasteiger partial charge in [0.05, 0.1) is 19.1 Å². The Morgan fingerprint density at radius 2 is 1.78 bits per heavy atom. The molecule has 2 N–H and O–H groups in total. The van der Waals surface area contributed by atoms with Crippen LogP contribution in [0.2, 0.25) is 0 Å². The van der Waals surface area contributed by atoms with Crippen LogP contribution in [0.1, 0.15) is 32.1 Å². The number of aliphatic hydroxyl groups excluding tert-OH is 1. The number of ether oxygens (including phenoxy) is 2. The van der Waals surface area contributed by atoms with Gasteiger partial charge in [-0.2, -0.15) is 0 Å². The molecule has 1 aliphatic carbocycles. The van der Waals surface area contributed by atoms with Crippen LogP contribution in [0.15, 0.2) is 23.1 Å². The van der Waals surface area contributed by atoms with Gasteiger partial charge in [0.1, 0.15) is 0 Å². The minimum absolute atomic E-state index is 0.00144. The first-order valence-corrected chi connectivity index (χ1v) is 9.27. The second-order valence-corrected chi connectivity index (χ2v) is 7.83. The lowest BCUT2D eigenvalue weighted by molar-refractivity contribution is 0.0867. The number of nitrogens with one attached hydrogen (secondary N) is 1. The van der Waals surface area contributed by atoms with Gasteiger partial charge in [-0.15, -0.1) is 0 Å². The summed E-state index contributed by atoms with van der Waals surface area (Å²) >= 11 is 0. The van der Waals surface area contributed by atoms with E-state index in [0.29, 0.717) is 11.5 Å². The highest BCUT2D eigenvalue weighted by atomic mass is 32.2. The van der Waals surface area contributed by atoms with Crippen LogP contribution in [0.25, 0.3) is 0 Å². The molecule has 23 heavy (non-hydrogen) atoms. The molecule has 0 amide bonds. The van der Waals surface area contributed by atoms with Gasteiger partial charge in [0.15, 0.2) is 11.5 Å². The van der Waals surface area contributed by atoms with E-state index in [9.17, 15) is 13.5 Å². The van der Waals surface area contributed by atoms with Gasteiger partial charge in [-0.1, -0.05) is 19.3 Å². The molecule has 1 fully saturated rings. The number of aliphatic hydroxyl groups is 1. The Labute approximate surface area is 137 Å². The van der Waals surface area contributed by atoms with Crippen molar-refractivity contribution >= 4 is 10.0 Å². The Morgan fingerprint density at radius 1 is 1.13 bits per heavy atom. The van der Waals surface area contributed by atoms with Gasteiger partial charge < -0.3 is 14.6 Å². The standard InChI is InChI=1S/C16H25NO5S/c1-21-14-7-6-13(10-15(14)22-2)23(19,20)17-11-16(12-18)8-4-3-5-9-16/h6-7,10,17-18H,3-5,8-9,11-12H2,1-2H3. The minimum Gasteiger partial charge on any atom is -0.493 e. The number of benzene rings is 1. The summed E-state index contributed by atoms with van der Waals surface area (Å²) in [6.45, 7) is 0.252. The molecule has 0 unspecified atom stereocenters. The smallest absolute Gasteiger partial charge is 0.240 e. The summed E-state index contributed by atoms with van der Waals surface area (Å²) in [6, 6.07) is 4.49. The summed E-state index contributed by atoms with van der Waals surface area (Å²) in [6.07, 6.45) is 4.89. The summed E-state index contributed by atoms with van der Waals surface area (Å²) in [5, 5.41) is 9.69. The van der Waals surface area contributed by atoms with Crippen molar-refractivity contribution in [2.24, 2.45) is 5.41 Å². The van der Waals surface area contributed by atoms with Gasteiger partial charge in [-0.05, 0) is 25.0 Å². The number of methoxy groups -OCH3 is 2. The summed E-state index contributed by atoms with van der Waals surface area (Å²) in [7, 11) is -0.701. The maximum Gasteiger partial charge on any atom is 0.240 e. The molecule has 1 aromatic rings. The van der Waals surface area contributed by atoms with Crippen LogP contribution < -0.4 is 14.2 Å². The van der Waals surface area contributed by atoms with Gasteiger partial charge in [-0.3, -0.25) is 0 Å². The first-order valence-electron chi connectivity index (χ1n) is 7.79. The third kappa shape index (κ3) is 4.16. The molecule has 0 saturated heterocycles. The van der Waals surface area contributed by atoms with Crippen molar-refractivity contribution in [1.82, 2.24) is 4.72 Å². The van der Waals surface area contributed by atoms with E-state index < -0.39 is 10.0 Å². The van der Waals surface area contributed by atoms with Crippen LogP contribution in [0.5, 0.6) is 11.5 Å². The second-order valence-electron chi connectivity index (χ2n) is 6.06. The van der Waals surface area contributed by atoms with Gasteiger partial charge in [0, 0.05) is 24.6 Å². The fourth-order valence-electron chi connectivity index (χ4n) is 3.01. The van der Waals surface area contributed by atoms with E-state index in [2.05, 4.69) is 4.72 Å². The van der Waals surface area contributed by atoms with Crippen LogP contribution in [0, 0.1) is 5.41 Å². The zero-order chi connectivity index (χ0) is 16.9. The Bertz CT molecular complexity index is 623. The van der Waals surface area contributed by atoms with Crippen molar-refractivity contribution in [3.05, 3.63) is 18.2 Å². The van der Waals surface area contributed by atoms with Crippen molar-refractivity contribution in [3.63, 3.8) is 0 Å². The molecule has 7 heteroatoms. The third-order valence-corrected chi connectivity index (χ3v) is 5.95. The molecule has 6 nitrogen and oxygen atoms in total. The molecular formula is C16H25NO5S. The molecule has 0 bridgehead atoms. The number of sulfonamides is 1. The van der Waals surface area contributed by atoms with Gasteiger partial charge in [-0.25, -0.2) is 13.1 Å². The topological polar surface area (TPSA) is 84.9 Å². The minimum atomic E-state index is -3.66. The van der Waals surface area contributed by atoms with Gasteiger partial charge in [0.25, 0.3) is 0 Å². The van der Waals surface area contributed by atoms with Crippen molar-refractivity contribution in [3.8, 4) is 11.5 Å². The second kappa shape index (κ2) is 7.51. The van der Waals surface area contributed by atoms with E-state index in [1.807, 2.05) is 0 Å². The van der Waals surface area contributed by atoms with Crippen LogP contribution in [-0.2, 0) is 10.0 Å². The Balaban J connectivity index is 2.15. The zero-order valence-electron chi connectivity index (χ0n) is 13.7. The van der Waals surface area contributed by atoms with Crippen LogP contribution in [0.4, 0.5) is 0 Å². The highest BCUT2D eigenvalue weighted by molar-refractivity contribution is 7.89. The maximum absolute atomic E-state index is 12.5. The predicted octanol–water partition coefficient (Wildman–Crippen LogP) is 1.92. The van der Waals surface area contributed by atoms with Gasteiger partial charge in [0.2, 0.25) is 10.0 Å². The molecule has 0 radical (unpaired) electrons. The maximum atomic E-state index is 12.5. The average Bonchev–Trinajstić information content (AvgIpc) is 2.60. The van der Waals surface area contributed by atoms with E-state index in [4.69, 9.17) is 9.47 Å². The molecule has 0 spiro atoms. The summed E-state index contributed by atoms with van der Waals surface area (Å²) < 4.78 is 37.9. The monoisotopic (exact) mass is 343 g/mol. The summed E-state index contributed by atoms with van der Waals surface area (Å²) in [5.41, 5.74) is -0.345. The molecule has 2 rings (SSSR count). The first-order chi connectivity index (χ1) is 11.0. The van der Waals surface area contributed by atoms with Crippen LogP contribution in [-0.4, -0.2) is 40.9 Å². The van der Waals surface area contributed by atoms with Crippen molar-refractivity contribution in [1.29, 1.82) is 0 Å². The fraction of sp³-hybridized carbons (Fsp3) is 0.625. The molecule has 1 aliphatic rings. The number of hydrogen-bond donors (Lipinski definition) is 2. The normalized spacial score (nSPS) is 17.7. The summed E-state index contributed by atoms with van der Waals surface area (Å²) in [4.78, 5) is 0.124. The van der Waals surface area contributed by atoms with E-state index in [0.717, 1.165) is 32.1 Å². The molecule has 130 valence electrons. The zero-order valence-corrected chi connectivity index (χ0v) is 14.5. The Hall–Kier alpha value is -1.31. The SMILES string of the molecule is COc1ccc(S(=O)(=O)NCC2(CO)CCCCC2)cc1OC. The number of hydrogen-bond acceptors (Lipinski definition) is 5. The first kappa shape index (κ1) is 18.0. The average molecular weight is 343 g/mol. The van der Waals surface area contributed by atoms with Crippen LogP contribution >= 0.6 is 0 Å². The molecule has 1 saturated carbocycles. The van der Waals surface area contributed by atoms with Crippen LogP contribution in [0.3, 0.4) is 0 Å². The fourth-order valence-corrected chi connectivity index (χ4v) is 4.18. The molecular weight excluding hydrogens is 318 g/mol. The molecule has 0 heterocycles. The lowest BCUT2D eigenvalue weighted by Crippen LogP contribution is -2.41. The molecule has 0 aromatic heterocycles. The highest BCUT2D eigenvalue weighted by Crippen LogP contribution is 2.36. The highest BCUT2D eigenvalue weighted by Gasteiger charge is 2.33. The van der Waals surface area contributed by atoms with Crippen molar-refractivity contribution in [2.45, 2.75) is 37.0 Å². The molecule has 1 aromatic carbocycles. The summed E-state index contributed by atoms with van der Waals surface area (Å²) in [5.74, 6) is 0.843. The number of rotatable bonds is 7. The van der Waals surface area contributed by atoms with E-state index in [1.54, 1.807) is 6.07 Å². The molecule has 0 atom stereocenters. The largest absolute Gasteiger partial charge is 0.493 e. The quantitative estimate of drug-likeness (QED) is 0.790. The van der Waals surface area contributed by atoms with E-state index in [1.165, 1.54) is 26.4 Å². The predicted molar refractivity (Wildman–Crippen MR) is 87.3 cm³/mol. The van der Waals surface area contributed by atoms with E-state index in [-0.39, 0.29) is 23.5 Å². The van der Waals surface area contributed by atoms with Crippen molar-refractivity contribution < 1.29 is 23.0 Å². The Morgan fingerprint density at radius 3 is 2.35 bits per heavy atom. The van der Waals surface area contributed by atoms with Gasteiger partial charge >= 0.3 is 0 Å². The third-order valence-electron chi connectivity index (χ3n) is 4.55. The van der Waals surface area contributed by atoms with Crippen molar-refractivity contribution in [2.75, 3.05) is 27.4 Å². The lowest BCUT2D eigenvalue weighted by atomic mass is 9.75.